The SMILES string of the molecule is CCOC(=O)/C=C/c1cccc(C2CCCC(C)(C)CS(=O)(=O)/C(C(=O)OC)=C/c3c(c(F)cc4[nH]ccc34)Oc3cccc(c3)-c3ccn2n3)c1. The summed E-state index contributed by atoms with van der Waals surface area (Å²) < 4.78 is 62.1. The normalized spacial score (nSPS) is 18.3. The number of rotatable bonds is 5. The van der Waals surface area contributed by atoms with Gasteiger partial charge in [0.1, 0.15) is 5.75 Å². The number of hydrogen-bond donors (Lipinski definition) is 1. The zero-order valence-electron chi connectivity index (χ0n) is 29.4. The predicted octanol–water partition coefficient (Wildman–Crippen LogP) is 8.27. The molecule has 0 aliphatic carbocycles. The Hall–Kier alpha value is -5.49. The smallest absolute Gasteiger partial charge is 0.349 e. The van der Waals surface area contributed by atoms with Crippen LogP contribution >= 0.6 is 0 Å². The first-order chi connectivity index (χ1) is 24.9. The number of nitrogens with one attached hydrogen (secondary N) is 1. The lowest BCUT2D eigenvalue weighted by molar-refractivity contribution is -0.137. The average Bonchev–Trinajstić information content (AvgIpc) is 3.79. The molecule has 270 valence electrons. The number of methoxy groups -OCH3 is 1. The molecule has 52 heavy (non-hydrogen) atoms. The molecule has 1 unspecified atom stereocenters. The molecule has 1 aliphatic heterocycles. The van der Waals surface area contributed by atoms with E-state index in [0.29, 0.717) is 41.4 Å². The molecule has 1 N–H and O–H groups in total. The summed E-state index contributed by atoms with van der Waals surface area (Å²) in [4.78, 5) is 27.5. The summed E-state index contributed by atoms with van der Waals surface area (Å²) in [6.07, 6.45) is 9.44. The van der Waals surface area contributed by atoms with Crippen LogP contribution in [0.3, 0.4) is 0 Å². The Morgan fingerprint density at radius 3 is 2.71 bits per heavy atom. The van der Waals surface area contributed by atoms with E-state index in [1.807, 2.05) is 61.1 Å². The Morgan fingerprint density at radius 1 is 1.12 bits per heavy atom. The lowest BCUT2D eigenvalue weighted by Gasteiger charge is -2.26. The van der Waals surface area contributed by atoms with Crippen LogP contribution in [0.1, 0.15) is 62.8 Å². The van der Waals surface area contributed by atoms with Gasteiger partial charge in [0.25, 0.3) is 0 Å². The predicted molar refractivity (Wildman–Crippen MR) is 198 cm³/mol. The number of nitrogens with zero attached hydrogens (tertiary/aromatic N) is 2. The third kappa shape index (κ3) is 8.02. The Labute approximate surface area is 301 Å². The van der Waals surface area contributed by atoms with Gasteiger partial charge in [0.05, 0.1) is 31.2 Å². The number of sulfone groups is 1. The van der Waals surface area contributed by atoms with Gasteiger partial charge in [-0.15, -0.1) is 0 Å². The van der Waals surface area contributed by atoms with E-state index in [4.69, 9.17) is 19.3 Å². The van der Waals surface area contributed by atoms with Crippen LogP contribution in [0, 0.1) is 11.2 Å². The highest BCUT2D eigenvalue weighted by molar-refractivity contribution is 7.96. The van der Waals surface area contributed by atoms with Gasteiger partial charge >= 0.3 is 11.9 Å². The molecule has 1 aliphatic rings. The molecule has 3 aromatic carbocycles. The van der Waals surface area contributed by atoms with E-state index in [1.165, 1.54) is 12.1 Å². The first-order valence-electron chi connectivity index (χ1n) is 17.0. The quantitative estimate of drug-likeness (QED) is 0.142. The van der Waals surface area contributed by atoms with Gasteiger partial charge in [0.15, 0.2) is 26.3 Å². The molecule has 1 atom stereocenters. The number of aromatic nitrogens is 3. The van der Waals surface area contributed by atoms with Crippen LogP contribution in [0.2, 0.25) is 0 Å². The van der Waals surface area contributed by atoms with Crippen LogP contribution < -0.4 is 4.74 Å². The fraction of sp³-hybridized carbons (Fsp3) is 0.275. The Balaban J connectivity index is 1.48. The highest BCUT2D eigenvalue weighted by Crippen LogP contribution is 2.39. The maximum atomic E-state index is 15.9. The Kier molecular flexibility index (Phi) is 10.5. The number of carbonyl (C=O) groups excluding carboxylic acids is 2. The number of carbonyl (C=O) groups is 2. The van der Waals surface area contributed by atoms with Gasteiger partial charge in [-0.25, -0.2) is 22.4 Å². The van der Waals surface area contributed by atoms with Crippen molar-refractivity contribution in [3.8, 4) is 22.8 Å². The van der Waals surface area contributed by atoms with Crippen LogP contribution in [-0.4, -0.2) is 54.6 Å². The van der Waals surface area contributed by atoms with Gasteiger partial charge in [0, 0.05) is 46.6 Å². The number of halogens is 1. The Morgan fingerprint density at radius 2 is 1.92 bits per heavy atom. The molecule has 0 radical (unpaired) electrons. The molecule has 10 nitrogen and oxygen atoms in total. The third-order valence-electron chi connectivity index (χ3n) is 8.98. The van der Waals surface area contributed by atoms with Crippen molar-refractivity contribution in [3.63, 3.8) is 0 Å². The molecular formula is C40H40FN3O7S. The first-order valence-corrected chi connectivity index (χ1v) is 18.6. The summed E-state index contributed by atoms with van der Waals surface area (Å²) in [6.45, 7) is 5.71. The van der Waals surface area contributed by atoms with Gasteiger partial charge in [-0.1, -0.05) is 50.6 Å². The molecule has 12 heteroatoms. The van der Waals surface area contributed by atoms with Crippen LogP contribution in [0.25, 0.3) is 34.3 Å². The third-order valence-corrected chi connectivity index (χ3v) is 11.1. The second kappa shape index (κ2) is 15.0. The highest BCUT2D eigenvalue weighted by atomic mass is 32.2. The standard InChI is InChI=1S/C40H40FN3O7S/c1-5-50-37(45)15-14-26-9-6-11-28(21-26)35-13-8-18-40(2,3)25-52(47,48)36(39(46)49-4)23-31-30-16-19-42-34(30)24-32(41)38(31)51-29-12-7-10-27(22-29)33-17-20-44(35)43-33/h6-7,9-12,14-17,19-24,35,42H,5,8,13,18,25H2,1-4H3/b15-14+,36-23+. The molecule has 5 aromatic rings. The Bertz CT molecular complexity index is 2300. The lowest BCUT2D eigenvalue weighted by atomic mass is 9.87. The minimum Gasteiger partial charge on any atom is -0.465 e. The minimum atomic E-state index is -4.27. The van der Waals surface area contributed by atoms with Crippen molar-refractivity contribution in [2.75, 3.05) is 19.5 Å². The number of fused-ring (bicyclic) bond motifs is 8. The second-order valence-electron chi connectivity index (χ2n) is 13.4. The van der Waals surface area contributed by atoms with Gasteiger partial charge in [0.2, 0.25) is 0 Å². The van der Waals surface area contributed by atoms with Crippen molar-refractivity contribution < 1.29 is 36.6 Å². The van der Waals surface area contributed by atoms with Crippen molar-refractivity contribution in [2.24, 2.45) is 5.41 Å². The molecule has 6 rings (SSSR count). The van der Waals surface area contributed by atoms with E-state index in [9.17, 15) is 18.0 Å². The van der Waals surface area contributed by atoms with Crippen LogP contribution in [0.5, 0.6) is 11.5 Å². The number of esters is 2. The van der Waals surface area contributed by atoms with Gasteiger partial charge in [-0.3, -0.25) is 4.68 Å². The zero-order valence-corrected chi connectivity index (χ0v) is 30.2. The summed E-state index contributed by atoms with van der Waals surface area (Å²) in [5.74, 6) is -2.58. The fourth-order valence-electron chi connectivity index (χ4n) is 6.55. The number of ether oxygens (including phenoxy) is 3. The van der Waals surface area contributed by atoms with Gasteiger partial charge in [-0.05, 0) is 78.8 Å². The molecule has 0 saturated carbocycles. The van der Waals surface area contributed by atoms with Crippen molar-refractivity contribution in [1.29, 1.82) is 0 Å². The zero-order chi connectivity index (χ0) is 37.0. The van der Waals surface area contributed by atoms with Crippen molar-refractivity contribution in [2.45, 2.75) is 46.1 Å². The number of aromatic amines is 1. The highest BCUT2D eigenvalue weighted by Gasteiger charge is 2.34. The first kappa shape index (κ1) is 36.3. The maximum absolute atomic E-state index is 15.9. The molecule has 0 fully saturated rings. The van der Waals surface area contributed by atoms with E-state index >= 15 is 4.39 Å². The fourth-order valence-corrected chi connectivity index (χ4v) is 8.51. The van der Waals surface area contributed by atoms with Gasteiger partial charge in [-0.2, -0.15) is 5.10 Å². The second-order valence-corrected chi connectivity index (χ2v) is 15.4. The monoisotopic (exact) mass is 725 g/mol. The number of H-pyrrole nitrogens is 1. The molecule has 0 saturated heterocycles. The van der Waals surface area contributed by atoms with Crippen molar-refractivity contribution in [3.05, 3.63) is 113 Å². The average molecular weight is 726 g/mol. The number of benzene rings is 3. The molecular weight excluding hydrogens is 686 g/mol. The molecule has 4 bridgehead atoms. The van der Waals surface area contributed by atoms with E-state index in [0.717, 1.165) is 24.3 Å². The van der Waals surface area contributed by atoms with E-state index in [-0.39, 0.29) is 35.5 Å². The van der Waals surface area contributed by atoms with Crippen LogP contribution in [-0.2, 0) is 28.9 Å². The van der Waals surface area contributed by atoms with E-state index in [2.05, 4.69) is 4.98 Å². The molecule has 3 heterocycles. The summed E-state index contributed by atoms with van der Waals surface area (Å²) in [5.41, 5.74) is 2.82. The summed E-state index contributed by atoms with van der Waals surface area (Å²) in [5, 5.41) is 5.42. The number of hydrogen-bond acceptors (Lipinski definition) is 8. The van der Waals surface area contributed by atoms with Crippen LogP contribution in [0.4, 0.5) is 4.39 Å². The van der Waals surface area contributed by atoms with Gasteiger partial charge < -0.3 is 19.2 Å². The largest absolute Gasteiger partial charge is 0.465 e. The molecule has 0 spiro atoms. The van der Waals surface area contributed by atoms with E-state index < -0.39 is 37.9 Å². The lowest BCUT2D eigenvalue weighted by Crippen LogP contribution is -2.28. The van der Waals surface area contributed by atoms with Crippen molar-refractivity contribution in [1.82, 2.24) is 14.8 Å². The molecule has 2 aromatic heterocycles. The summed E-state index contributed by atoms with van der Waals surface area (Å²) in [7, 11) is -3.16. The molecule has 0 amide bonds. The van der Waals surface area contributed by atoms with E-state index in [1.54, 1.807) is 43.5 Å². The minimum absolute atomic E-state index is 0.0796. The summed E-state index contributed by atoms with van der Waals surface area (Å²) >= 11 is 0. The van der Waals surface area contributed by atoms with Crippen molar-refractivity contribution >= 4 is 44.8 Å². The summed E-state index contributed by atoms with van der Waals surface area (Å²) in [6, 6.07) is 19.4. The topological polar surface area (TPSA) is 130 Å². The maximum Gasteiger partial charge on any atom is 0.349 e. The van der Waals surface area contributed by atoms with Crippen LogP contribution in [0.15, 0.2) is 90.1 Å².